The Bertz CT molecular complexity index is 1520. The molecule has 9 heteroatoms. The first kappa shape index (κ1) is 29.1. The van der Waals surface area contributed by atoms with Gasteiger partial charge >= 0.3 is 0 Å². The van der Waals surface area contributed by atoms with Crippen LogP contribution in [0.4, 0.5) is 5.69 Å². The van der Waals surface area contributed by atoms with Gasteiger partial charge in [-0.25, -0.2) is 0 Å². The van der Waals surface area contributed by atoms with Gasteiger partial charge in [0.15, 0.2) is 0 Å². The quantitative estimate of drug-likeness (QED) is 0.397. The van der Waals surface area contributed by atoms with Crippen molar-refractivity contribution >= 4 is 35.0 Å². The lowest BCUT2D eigenvalue weighted by molar-refractivity contribution is -0.119. The summed E-state index contributed by atoms with van der Waals surface area (Å²) in [6.07, 6.45) is 3.99. The number of amides is 3. The van der Waals surface area contributed by atoms with E-state index in [-0.39, 0.29) is 24.3 Å². The monoisotopic (exact) mass is 597 g/mol. The van der Waals surface area contributed by atoms with Crippen LogP contribution in [0, 0.1) is 0 Å². The number of carbonyl (C=O) groups is 3. The van der Waals surface area contributed by atoms with E-state index in [1.165, 1.54) is 0 Å². The molecular weight excluding hydrogens is 562 g/mol. The zero-order valence-corrected chi connectivity index (χ0v) is 25.2. The summed E-state index contributed by atoms with van der Waals surface area (Å²) in [6.45, 7) is 6.74. The van der Waals surface area contributed by atoms with Crippen molar-refractivity contribution in [3.8, 4) is 0 Å². The van der Waals surface area contributed by atoms with E-state index in [2.05, 4.69) is 35.0 Å². The molecule has 3 amide bonds. The average molecular weight is 598 g/mol. The van der Waals surface area contributed by atoms with Gasteiger partial charge in [0.05, 0.1) is 6.54 Å². The first-order valence-corrected chi connectivity index (χ1v) is 15.1. The lowest BCUT2D eigenvalue weighted by Gasteiger charge is -2.32. The zero-order valence-electron chi connectivity index (χ0n) is 24.4. The fourth-order valence-electron chi connectivity index (χ4n) is 5.86. The molecule has 0 bridgehead atoms. The van der Waals surface area contributed by atoms with Crippen LogP contribution >= 0.6 is 11.6 Å². The van der Waals surface area contributed by atoms with Crippen molar-refractivity contribution in [2.45, 2.75) is 19.6 Å². The van der Waals surface area contributed by atoms with Crippen molar-refractivity contribution in [3.63, 3.8) is 0 Å². The number of fused-ring (bicyclic) bond motifs is 1. The third-order valence-electron chi connectivity index (χ3n) is 8.46. The number of benzene rings is 3. The first-order valence-electron chi connectivity index (χ1n) is 14.8. The van der Waals surface area contributed by atoms with Crippen LogP contribution in [-0.2, 0) is 24.4 Å². The fraction of sp³-hybridized carbons (Fsp3) is 0.324. The molecule has 0 aromatic heterocycles. The number of anilines is 1. The van der Waals surface area contributed by atoms with Crippen molar-refractivity contribution in [2.24, 2.45) is 0 Å². The highest BCUT2D eigenvalue weighted by Gasteiger charge is 2.30. The van der Waals surface area contributed by atoms with E-state index in [1.807, 2.05) is 36.4 Å². The Labute approximate surface area is 257 Å². The van der Waals surface area contributed by atoms with Crippen LogP contribution in [0.5, 0.6) is 0 Å². The Morgan fingerprint density at radius 2 is 1.33 bits per heavy atom. The molecule has 0 unspecified atom stereocenters. The number of carbonyl (C=O) groups excluding carboxylic acids is 3. The molecule has 1 fully saturated rings. The highest BCUT2D eigenvalue weighted by atomic mass is 35.5. The van der Waals surface area contributed by atoms with Gasteiger partial charge in [-0.1, -0.05) is 48.0 Å². The molecule has 3 heterocycles. The van der Waals surface area contributed by atoms with Crippen LogP contribution < -0.4 is 4.90 Å². The summed E-state index contributed by atoms with van der Waals surface area (Å²) in [6, 6.07) is 20.5. The van der Waals surface area contributed by atoms with Gasteiger partial charge in [-0.2, -0.15) is 0 Å². The van der Waals surface area contributed by atoms with E-state index in [9.17, 15) is 14.4 Å². The van der Waals surface area contributed by atoms with E-state index < -0.39 is 0 Å². The summed E-state index contributed by atoms with van der Waals surface area (Å²) >= 11 is 6.05. The number of nitrogens with zero attached hydrogens (tertiary/aromatic N) is 5. The molecule has 0 aliphatic carbocycles. The van der Waals surface area contributed by atoms with E-state index in [0.29, 0.717) is 42.3 Å². The second-order valence-corrected chi connectivity index (χ2v) is 12.0. The summed E-state index contributed by atoms with van der Waals surface area (Å²) in [5, 5.41) is 0.553. The summed E-state index contributed by atoms with van der Waals surface area (Å²) < 4.78 is 0. The minimum absolute atomic E-state index is 0.00218. The Hall–Kier alpha value is -3.98. The molecule has 3 aromatic rings. The fourth-order valence-corrected chi connectivity index (χ4v) is 5.98. The topological polar surface area (TPSA) is 67.4 Å². The number of halogens is 1. The highest BCUT2D eigenvalue weighted by molar-refractivity contribution is 6.30. The smallest absolute Gasteiger partial charge is 0.254 e. The molecule has 0 saturated carbocycles. The Kier molecular flexibility index (Phi) is 8.61. The SMILES string of the molecule is CN1CCN(Cc2ccc3c(c2)N(Cc2ccc(C(=O)N4CC=CC4)cc2)C(=O)CN(C(=O)c2ccc(Cl)cc2)C3)CC1. The Balaban J connectivity index is 1.27. The predicted molar refractivity (Wildman–Crippen MR) is 168 cm³/mol. The molecule has 3 aliphatic heterocycles. The van der Waals surface area contributed by atoms with E-state index >= 15 is 0 Å². The lowest BCUT2D eigenvalue weighted by atomic mass is 10.1. The van der Waals surface area contributed by atoms with Crippen molar-refractivity contribution in [1.82, 2.24) is 19.6 Å². The van der Waals surface area contributed by atoms with Crippen LogP contribution in [0.15, 0.2) is 78.9 Å². The predicted octanol–water partition coefficient (Wildman–Crippen LogP) is 4.29. The first-order chi connectivity index (χ1) is 20.8. The molecule has 0 N–H and O–H groups in total. The van der Waals surface area contributed by atoms with Crippen molar-refractivity contribution < 1.29 is 14.4 Å². The number of hydrogen-bond donors (Lipinski definition) is 0. The summed E-state index contributed by atoms with van der Waals surface area (Å²) in [4.78, 5) is 50.2. The van der Waals surface area contributed by atoms with Gasteiger partial charge < -0.3 is 19.6 Å². The average Bonchev–Trinajstić information content (AvgIpc) is 3.52. The molecular formula is C34H36ClN5O3. The summed E-state index contributed by atoms with van der Waals surface area (Å²) in [7, 11) is 2.15. The minimum atomic E-state index is -0.210. The lowest BCUT2D eigenvalue weighted by Crippen LogP contribution is -2.43. The number of rotatable bonds is 6. The van der Waals surface area contributed by atoms with Crippen LogP contribution in [0.1, 0.15) is 37.4 Å². The standard InChI is InChI=1S/C34H36ClN5O3/c1-36-16-18-37(19-17-36)21-26-6-9-29-23-39(34(43)28-10-12-30(35)13-11-28)24-32(41)40(31(29)20-26)22-25-4-7-27(8-5-25)33(42)38-14-2-3-15-38/h2-13,20H,14-19,21-24H2,1H3. The van der Waals surface area contributed by atoms with Gasteiger partial charge in [0, 0.05) is 74.2 Å². The summed E-state index contributed by atoms with van der Waals surface area (Å²) in [5.74, 6) is -0.364. The Morgan fingerprint density at radius 1 is 0.721 bits per heavy atom. The molecule has 0 atom stereocenters. The zero-order chi connectivity index (χ0) is 29.9. The van der Waals surface area contributed by atoms with E-state index in [1.54, 1.807) is 39.0 Å². The molecule has 1 saturated heterocycles. The van der Waals surface area contributed by atoms with Gasteiger partial charge in [0.25, 0.3) is 11.8 Å². The van der Waals surface area contributed by atoms with Crippen molar-refractivity contribution in [1.29, 1.82) is 0 Å². The third kappa shape index (κ3) is 6.67. The van der Waals surface area contributed by atoms with Crippen LogP contribution in [0.2, 0.25) is 5.02 Å². The second-order valence-electron chi connectivity index (χ2n) is 11.6. The van der Waals surface area contributed by atoms with Crippen LogP contribution in [-0.4, -0.2) is 90.2 Å². The molecule has 0 radical (unpaired) electrons. The van der Waals surface area contributed by atoms with Crippen LogP contribution in [0.3, 0.4) is 0 Å². The van der Waals surface area contributed by atoms with Gasteiger partial charge in [-0.15, -0.1) is 0 Å². The minimum Gasteiger partial charge on any atom is -0.331 e. The molecule has 6 rings (SSSR count). The Morgan fingerprint density at radius 3 is 2.00 bits per heavy atom. The largest absolute Gasteiger partial charge is 0.331 e. The van der Waals surface area contributed by atoms with E-state index in [4.69, 9.17) is 11.6 Å². The van der Waals surface area contributed by atoms with Crippen LogP contribution in [0.25, 0.3) is 0 Å². The normalized spacial score (nSPS) is 17.7. The molecule has 3 aromatic carbocycles. The number of hydrogen-bond acceptors (Lipinski definition) is 5. The molecule has 0 spiro atoms. The summed E-state index contributed by atoms with van der Waals surface area (Å²) in [5.41, 5.74) is 4.92. The van der Waals surface area contributed by atoms with Gasteiger partial charge in [0.2, 0.25) is 5.91 Å². The third-order valence-corrected chi connectivity index (χ3v) is 8.71. The maximum atomic E-state index is 13.9. The number of piperazine rings is 1. The molecule has 8 nitrogen and oxygen atoms in total. The van der Waals surface area contributed by atoms with Gasteiger partial charge in [-0.3, -0.25) is 19.3 Å². The van der Waals surface area contributed by atoms with Gasteiger partial charge in [0.1, 0.15) is 6.54 Å². The molecule has 43 heavy (non-hydrogen) atoms. The van der Waals surface area contributed by atoms with Crippen molar-refractivity contribution in [3.05, 3.63) is 112 Å². The second kappa shape index (κ2) is 12.7. The number of likely N-dealkylation sites (N-methyl/N-ethyl adjacent to an activating group) is 1. The maximum absolute atomic E-state index is 13.9. The van der Waals surface area contributed by atoms with Crippen molar-refractivity contribution in [2.75, 3.05) is 57.8 Å². The van der Waals surface area contributed by atoms with Gasteiger partial charge in [-0.05, 0) is 66.2 Å². The molecule has 222 valence electrons. The highest BCUT2D eigenvalue weighted by Crippen LogP contribution is 2.30. The maximum Gasteiger partial charge on any atom is 0.254 e. The molecule has 3 aliphatic rings. The van der Waals surface area contributed by atoms with E-state index in [0.717, 1.165) is 55.1 Å².